The lowest BCUT2D eigenvalue weighted by atomic mass is 10.1. The van der Waals surface area contributed by atoms with Crippen LogP contribution in [-0.2, 0) is 13.1 Å². The van der Waals surface area contributed by atoms with Crippen LogP contribution in [0.5, 0.6) is 0 Å². The van der Waals surface area contributed by atoms with Crippen molar-refractivity contribution in [3.05, 3.63) is 46.6 Å². The lowest BCUT2D eigenvalue weighted by molar-refractivity contribution is 0.364. The molecule has 0 aliphatic carbocycles. The monoisotopic (exact) mass is 231 g/mol. The van der Waals surface area contributed by atoms with Gasteiger partial charge in [0.1, 0.15) is 0 Å². The second-order valence-corrected chi connectivity index (χ2v) is 4.27. The van der Waals surface area contributed by atoms with E-state index >= 15 is 0 Å². The van der Waals surface area contributed by atoms with Gasteiger partial charge in [-0.05, 0) is 31.9 Å². The Balaban J connectivity index is 1.91. The molecule has 0 fully saturated rings. The molecule has 2 rings (SSSR count). The third-order valence-electron chi connectivity index (χ3n) is 2.67. The zero-order valence-electron chi connectivity index (χ0n) is 10.4. The lowest BCUT2D eigenvalue weighted by Crippen LogP contribution is -2.13. The van der Waals surface area contributed by atoms with Gasteiger partial charge in [-0.25, -0.2) is 0 Å². The molecule has 17 heavy (non-hydrogen) atoms. The molecule has 1 N–H and O–H groups in total. The van der Waals surface area contributed by atoms with E-state index in [2.05, 4.69) is 47.5 Å². The summed E-state index contributed by atoms with van der Waals surface area (Å²) in [7, 11) is 0. The molecule has 0 amide bonds. The van der Waals surface area contributed by atoms with E-state index in [4.69, 9.17) is 4.52 Å². The average molecular weight is 231 g/mol. The summed E-state index contributed by atoms with van der Waals surface area (Å²) in [5.74, 6) is 1.31. The standard InChI is InChI=1S/C13H17N3O/c1-9-4-5-10(2)12(6-9)7-14-8-13-15-11(3)16-17-13/h4-6,14H,7-8H2,1-3H3. The highest BCUT2D eigenvalue weighted by Crippen LogP contribution is 2.10. The normalized spacial score (nSPS) is 10.8. The minimum absolute atomic E-state index is 0.605. The number of benzene rings is 1. The summed E-state index contributed by atoms with van der Waals surface area (Å²) in [6.45, 7) is 7.46. The van der Waals surface area contributed by atoms with Crippen LogP contribution in [0, 0.1) is 20.8 Å². The number of aryl methyl sites for hydroxylation is 3. The van der Waals surface area contributed by atoms with Crippen molar-refractivity contribution in [2.45, 2.75) is 33.9 Å². The van der Waals surface area contributed by atoms with E-state index in [-0.39, 0.29) is 0 Å². The Hall–Kier alpha value is -1.68. The van der Waals surface area contributed by atoms with Crippen LogP contribution in [0.15, 0.2) is 22.7 Å². The summed E-state index contributed by atoms with van der Waals surface area (Å²) in [6.07, 6.45) is 0. The highest BCUT2D eigenvalue weighted by Gasteiger charge is 2.03. The maximum absolute atomic E-state index is 5.03. The van der Waals surface area contributed by atoms with Crippen molar-refractivity contribution in [3.8, 4) is 0 Å². The maximum Gasteiger partial charge on any atom is 0.240 e. The number of rotatable bonds is 4. The summed E-state index contributed by atoms with van der Waals surface area (Å²) < 4.78 is 5.03. The first kappa shape index (κ1) is 11.8. The Morgan fingerprint density at radius 3 is 2.71 bits per heavy atom. The molecule has 0 radical (unpaired) electrons. The van der Waals surface area contributed by atoms with Gasteiger partial charge in [-0.15, -0.1) is 0 Å². The fourth-order valence-electron chi connectivity index (χ4n) is 1.71. The van der Waals surface area contributed by atoms with Crippen LogP contribution >= 0.6 is 0 Å². The molecule has 90 valence electrons. The molecule has 1 aromatic heterocycles. The number of aromatic nitrogens is 2. The van der Waals surface area contributed by atoms with Gasteiger partial charge in [0.2, 0.25) is 5.89 Å². The van der Waals surface area contributed by atoms with Gasteiger partial charge in [-0.2, -0.15) is 4.98 Å². The molecule has 0 saturated heterocycles. The highest BCUT2D eigenvalue weighted by molar-refractivity contribution is 5.30. The minimum atomic E-state index is 0.605. The molecule has 2 aromatic rings. The molecular weight excluding hydrogens is 214 g/mol. The Morgan fingerprint density at radius 2 is 2.00 bits per heavy atom. The van der Waals surface area contributed by atoms with Gasteiger partial charge >= 0.3 is 0 Å². The number of hydrogen-bond acceptors (Lipinski definition) is 4. The molecule has 1 heterocycles. The molecule has 0 bridgehead atoms. The van der Waals surface area contributed by atoms with E-state index in [1.807, 2.05) is 6.92 Å². The van der Waals surface area contributed by atoms with Crippen LogP contribution in [0.3, 0.4) is 0 Å². The molecule has 0 aliphatic heterocycles. The van der Waals surface area contributed by atoms with Crippen molar-refractivity contribution in [1.82, 2.24) is 15.5 Å². The van der Waals surface area contributed by atoms with Gasteiger partial charge in [-0.1, -0.05) is 28.9 Å². The first-order valence-electron chi connectivity index (χ1n) is 5.71. The van der Waals surface area contributed by atoms with E-state index in [1.165, 1.54) is 16.7 Å². The fourth-order valence-corrected chi connectivity index (χ4v) is 1.71. The van der Waals surface area contributed by atoms with Gasteiger partial charge in [-0.3, -0.25) is 0 Å². The van der Waals surface area contributed by atoms with Crippen molar-refractivity contribution in [1.29, 1.82) is 0 Å². The predicted octanol–water partition coefficient (Wildman–Crippen LogP) is 2.28. The summed E-state index contributed by atoms with van der Waals surface area (Å²) in [6, 6.07) is 6.46. The van der Waals surface area contributed by atoms with Crippen molar-refractivity contribution in [2.75, 3.05) is 0 Å². The Kier molecular flexibility index (Phi) is 3.54. The molecule has 4 nitrogen and oxygen atoms in total. The van der Waals surface area contributed by atoms with E-state index in [0.29, 0.717) is 18.3 Å². The van der Waals surface area contributed by atoms with Crippen LogP contribution in [0.25, 0.3) is 0 Å². The fraction of sp³-hybridized carbons (Fsp3) is 0.385. The minimum Gasteiger partial charge on any atom is -0.338 e. The number of nitrogens with zero attached hydrogens (tertiary/aromatic N) is 2. The molecule has 4 heteroatoms. The molecule has 0 atom stereocenters. The third kappa shape index (κ3) is 3.14. The summed E-state index contributed by atoms with van der Waals surface area (Å²) >= 11 is 0. The predicted molar refractivity (Wildman–Crippen MR) is 65.5 cm³/mol. The molecule has 0 saturated carbocycles. The first-order chi connectivity index (χ1) is 8.15. The molecule has 0 unspecified atom stereocenters. The van der Waals surface area contributed by atoms with Crippen LogP contribution in [-0.4, -0.2) is 10.1 Å². The summed E-state index contributed by atoms with van der Waals surface area (Å²) in [5.41, 5.74) is 3.88. The van der Waals surface area contributed by atoms with E-state index < -0.39 is 0 Å². The summed E-state index contributed by atoms with van der Waals surface area (Å²) in [4.78, 5) is 4.14. The zero-order chi connectivity index (χ0) is 12.3. The van der Waals surface area contributed by atoms with Crippen LogP contribution < -0.4 is 5.32 Å². The quantitative estimate of drug-likeness (QED) is 0.877. The first-order valence-corrected chi connectivity index (χ1v) is 5.71. The smallest absolute Gasteiger partial charge is 0.240 e. The highest BCUT2D eigenvalue weighted by atomic mass is 16.5. The molecular formula is C13H17N3O. The Labute approximate surface area is 101 Å². The van der Waals surface area contributed by atoms with E-state index in [0.717, 1.165) is 6.54 Å². The van der Waals surface area contributed by atoms with Gasteiger partial charge in [0.25, 0.3) is 0 Å². The van der Waals surface area contributed by atoms with Gasteiger partial charge in [0.15, 0.2) is 5.82 Å². The van der Waals surface area contributed by atoms with Crippen LogP contribution in [0.1, 0.15) is 28.4 Å². The van der Waals surface area contributed by atoms with Gasteiger partial charge in [0, 0.05) is 6.54 Å². The number of nitrogens with one attached hydrogen (secondary N) is 1. The van der Waals surface area contributed by atoms with E-state index in [9.17, 15) is 0 Å². The van der Waals surface area contributed by atoms with Gasteiger partial charge in [0.05, 0.1) is 6.54 Å². The molecule has 0 aliphatic rings. The zero-order valence-corrected chi connectivity index (χ0v) is 10.4. The van der Waals surface area contributed by atoms with Gasteiger partial charge < -0.3 is 9.84 Å². The SMILES string of the molecule is Cc1ccc(C)c(CNCc2nc(C)no2)c1. The third-order valence-corrected chi connectivity index (χ3v) is 2.67. The van der Waals surface area contributed by atoms with Crippen LogP contribution in [0.4, 0.5) is 0 Å². The lowest BCUT2D eigenvalue weighted by Gasteiger charge is -2.07. The summed E-state index contributed by atoms with van der Waals surface area (Å²) in [5, 5.41) is 7.05. The van der Waals surface area contributed by atoms with Crippen molar-refractivity contribution < 1.29 is 4.52 Å². The van der Waals surface area contributed by atoms with Crippen molar-refractivity contribution in [2.24, 2.45) is 0 Å². The Morgan fingerprint density at radius 1 is 1.18 bits per heavy atom. The Bertz CT molecular complexity index is 505. The largest absolute Gasteiger partial charge is 0.338 e. The average Bonchev–Trinajstić information content (AvgIpc) is 2.69. The number of hydrogen-bond donors (Lipinski definition) is 1. The molecule has 1 aromatic carbocycles. The van der Waals surface area contributed by atoms with Crippen molar-refractivity contribution in [3.63, 3.8) is 0 Å². The van der Waals surface area contributed by atoms with Crippen LogP contribution in [0.2, 0.25) is 0 Å². The maximum atomic E-state index is 5.03. The van der Waals surface area contributed by atoms with Crippen molar-refractivity contribution >= 4 is 0 Å². The second-order valence-electron chi connectivity index (χ2n) is 4.27. The topological polar surface area (TPSA) is 51.0 Å². The van der Waals surface area contributed by atoms with E-state index in [1.54, 1.807) is 0 Å². The second kappa shape index (κ2) is 5.10. The molecule has 0 spiro atoms.